The summed E-state index contributed by atoms with van der Waals surface area (Å²) < 4.78 is 5.14. The molecular formula is C16H27IN4O2. The van der Waals surface area contributed by atoms with E-state index in [1.54, 1.807) is 21.2 Å². The lowest BCUT2D eigenvalue weighted by Gasteiger charge is -2.12. The first-order valence-corrected chi connectivity index (χ1v) is 7.42. The van der Waals surface area contributed by atoms with Crippen LogP contribution in [-0.2, 0) is 11.2 Å². The van der Waals surface area contributed by atoms with Crippen molar-refractivity contribution >= 4 is 35.8 Å². The monoisotopic (exact) mass is 434 g/mol. The Balaban J connectivity index is 0.00000484. The highest BCUT2D eigenvalue weighted by molar-refractivity contribution is 14.0. The first kappa shape index (κ1) is 21.5. The van der Waals surface area contributed by atoms with Crippen molar-refractivity contribution < 1.29 is 9.53 Å². The molecule has 0 bridgehead atoms. The average Bonchev–Trinajstić information content (AvgIpc) is 2.52. The van der Waals surface area contributed by atoms with Gasteiger partial charge in [-0.15, -0.1) is 24.0 Å². The molecule has 0 unspecified atom stereocenters. The van der Waals surface area contributed by atoms with E-state index >= 15 is 0 Å². The van der Waals surface area contributed by atoms with Crippen LogP contribution in [0, 0.1) is 0 Å². The summed E-state index contributed by atoms with van der Waals surface area (Å²) in [6.07, 6.45) is 0.871. The van der Waals surface area contributed by atoms with Crippen LogP contribution in [0.4, 0.5) is 0 Å². The number of hydrogen-bond acceptors (Lipinski definition) is 3. The van der Waals surface area contributed by atoms with E-state index in [1.165, 1.54) is 10.5 Å². The Labute approximate surface area is 155 Å². The summed E-state index contributed by atoms with van der Waals surface area (Å²) in [4.78, 5) is 17.4. The number of hydrogen-bond donors (Lipinski definition) is 2. The highest BCUT2D eigenvalue weighted by Gasteiger charge is 2.04. The molecule has 6 nitrogen and oxygen atoms in total. The largest absolute Gasteiger partial charge is 0.497 e. The standard InChI is InChI=1S/C16H26N4O2.HI/c1-5-17-16(19-12-15(21)20(2)3)18-11-10-13-6-8-14(22-4)9-7-13;/h6-9H,5,10-12H2,1-4H3,(H2,17,18,19);1H. The molecular weight excluding hydrogens is 407 g/mol. The van der Waals surface area contributed by atoms with Crippen LogP contribution in [-0.4, -0.2) is 57.6 Å². The van der Waals surface area contributed by atoms with Gasteiger partial charge in [-0.25, -0.2) is 4.99 Å². The van der Waals surface area contributed by atoms with Gasteiger partial charge in [0.15, 0.2) is 5.96 Å². The zero-order valence-electron chi connectivity index (χ0n) is 14.3. The predicted molar refractivity (Wildman–Crippen MR) is 105 cm³/mol. The first-order valence-electron chi connectivity index (χ1n) is 7.42. The number of nitrogens with one attached hydrogen (secondary N) is 2. The van der Waals surface area contributed by atoms with Crippen LogP contribution in [0.3, 0.4) is 0 Å². The maximum atomic E-state index is 11.6. The highest BCUT2D eigenvalue weighted by Crippen LogP contribution is 2.11. The molecule has 1 amide bonds. The topological polar surface area (TPSA) is 66.0 Å². The van der Waals surface area contributed by atoms with Crippen molar-refractivity contribution in [2.75, 3.05) is 40.8 Å². The van der Waals surface area contributed by atoms with Crippen LogP contribution < -0.4 is 15.4 Å². The number of nitrogens with zero attached hydrogens (tertiary/aromatic N) is 2. The van der Waals surface area contributed by atoms with Crippen LogP contribution in [0.5, 0.6) is 5.75 Å². The van der Waals surface area contributed by atoms with E-state index < -0.39 is 0 Å². The zero-order valence-corrected chi connectivity index (χ0v) is 16.6. The third-order valence-electron chi connectivity index (χ3n) is 3.08. The average molecular weight is 434 g/mol. The number of guanidine groups is 1. The van der Waals surface area contributed by atoms with E-state index in [9.17, 15) is 4.79 Å². The molecule has 0 saturated carbocycles. The SMILES string of the molecule is CCNC(=NCC(=O)N(C)C)NCCc1ccc(OC)cc1.I. The van der Waals surface area contributed by atoms with Crippen molar-refractivity contribution in [3.05, 3.63) is 29.8 Å². The second-order valence-electron chi connectivity index (χ2n) is 5.01. The van der Waals surface area contributed by atoms with Gasteiger partial charge in [-0.05, 0) is 31.0 Å². The normalized spacial score (nSPS) is 10.5. The number of carbonyl (C=O) groups is 1. The van der Waals surface area contributed by atoms with Gasteiger partial charge in [0.2, 0.25) is 5.91 Å². The van der Waals surface area contributed by atoms with Crippen LogP contribution in [0.1, 0.15) is 12.5 Å². The third kappa shape index (κ3) is 8.63. The molecule has 0 atom stereocenters. The summed E-state index contributed by atoms with van der Waals surface area (Å²) in [5.41, 5.74) is 1.22. The van der Waals surface area contributed by atoms with Gasteiger partial charge in [-0.2, -0.15) is 0 Å². The lowest BCUT2D eigenvalue weighted by Crippen LogP contribution is -2.39. The van der Waals surface area contributed by atoms with Gasteiger partial charge in [-0.1, -0.05) is 12.1 Å². The molecule has 0 fully saturated rings. The fourth-order valence-electron chi connectivity index (χ4n) is 1.75. The van der Waals surface area contributed by atoms with Crippen molar-refractivity contribution in [2.45, 2.75) is 13.3 Å². The second kappa shape index (κ2) is 12.0. The van der Waals surface area contributed by atoms with E-state index in [1.807, 2.05) is 31.2 Å². The Kier molecular flexibility index (Phi) is 11.2. The molecule has 0 spiro atoms. The first-order chi connectivity index (χ1) is 10.6. The molecule has 0 aromatic heterocycles. The summed E-state index contributed by atoms with van der Waals surface area (Å²) in [7, 11) is 5.11. The number of rotatable bonds is 7. The van der Waals surface area contributed by atoms with Gasteiger partial charge in [-0.3, -0.25) is 4.79 Å². The molecule has 1 aromatic rings. The quantitative estimate of drug-likeness (QED) is 0.388. The van der Waals surface area contributed by atoms with E-state index in [4.69, 9.17) is 4.74 Å². The Morgan fingerprint density at radius 3 is 2.39 bits per heavy atom. The Morgan fingerprint density at radius 2 is 1.87 bits per heavy atom. The molecule has 1 rings (SSSR count). The molecule has 0 aliphatic heterocycles. The fourth-order valence-corrected chi connectivity index (χ4v) is 1.75. The molecule has 23 heavy (non-hydrogen) atoms. The van der Waals surface area contributed by atoms with E-state index in [0.717, 1.165) is 25.3 Å². The van der Waals surface area contributed by atoms with Gasteiger partial charge in [0.05, 0.1) is 7.11 Å². The zero-order chi connectivity index (χ0) is 16.4. The summed E-state index contributed by atoms with van der Waals surface area (Å²) in [5, 5.41) is 6.36. The number of benzene rings is 1. The Bertz CT molecular complexity index is 489. The minimum absolute atomic E-state index is 0. The predicted octanol–water partition coefficient (Wildman–Crippen LogP) is 1.50. The van der Waals surface area contributed by atoms with Gasteiger partial charge in [0, 0.05) is 27.2 Å². The molecule has 0 radical (unpaired) electrons. The number of likely N-dealkylation sites (N-methyl/N-ethyl adjacent to an activating group) is 1. The molecule has 0 aliphatic rings. The molecule has 2 N–H and O–H groups in total. The van der Waals surface area contributed by atoms with Gasteiger partial charge < -0.3 is 20.3 Å². The van der Waals surface area contributed by atoms with Gasteiger partial charge in [0.1, 0.15) is 12.3 Å². The number of amides is 1. The summed E-state index contributed by atoms with van der Waals surface area (Å²) in [6.45, 7) is 3.64. The summed E-state index contributed by atoms with van der Waals surface area (Å²) in [5.74, 6) is 1.49. The number of ether oxygens (including phenoxy) is 1. The maximum absolute atomic E-state index is 11.6. The fraction of sp³-hybridized carbons (Fsp3) is 0.500. The smallest absolute Gasteiger partial charge is 0.243 e. The van der Waals surface area contributed by atoms with Crippen LogP contribution in [0.2, 0.25) is 0 Å². The van der Waals surface area contributed by atoms with E-state index in [0.29, 0.717) is 5.96 Å². The van der Waals surface area contributed by atoms with E-state index in [2.05, 4.69) is 15.6 Å². The molecule has 130 valence electrons. The number of aliphatic imine (C=N–C) groups is 1. The Hall–Kier alpha value is -1.51. The van der Waals surface area contributed by atoms with Crippen LogP contribution >= 0.6 is 24.0 Å². The van der Waals surface area contributed by atoms with Crippen molar-refractivity contribution in [1.82, 2.24) is 15.5 Å². The highest BCUT2D eigenvalue weighted by atomic mass is 127. The molecule has 1 aromatic carbocycles. The van der Waals surface area contributed by atoms with Crippen molar-refractivity contribution in [3.8, 4) is 5.75 Å². The minimum Gasteiger partial charge on any atom is -0.497 e. The molecule has 0 heterocycles. The van der Waals surface area contributed by atoms with Gasteiger partial charge >= 0.3 is 0 Å². The van der Waals surface area contributed by atoms with Crippen LogP contribution in [0.15, 0.2) is 29.3 Å². The molecule has 0 saturated heterocycles. The molecule has 0 aliphatic carbocycles. The number of carbonyl (C=O) groups excluding carboxylic acids is 1. The summed E-state index contributed by atoms with van der Waals surface area (Å²) in [6, 6.07) is 7.98. The van der Waals surface area contributed by atoms with Crippen molar-refractivity contribution in [3.63, 3.8) is 0 Å². The van der Waals surface area contributed by atoms with Crippen molar-refractivity contribution in [2.24, 2.45) is 4.99 Å². The lowest BCUT2D eigenvalue weighted by molar-refractivity contribution is -0.127. The summed E-state index contributed by atoms with van der Waals surface area (Å²) >= 11 is 0. The minimum atomic E-state index is -0.0210. The second-order valence-corrected chi connectivity index (χ2v) is 5.01. The maximum Gasteiger partial charge on any atom is 0.243 e. The molecule has 7 heteroatoms. The number of methoxy groups -OCH3 is 1. The third-order valence-corrected chi connectivity index (χ3v) is 3.08. The Morgan fingerprint density at radius 1 is 1.22 bits per heavy atom. The number of halogens is 1. The lowest BCUT2D eigenvalue weighted by atomic mass is 10.1. The van der Waals surface area contributed by atoms with Gasteiger partial charge in [0.25, 0.3) is 0 Å². The van der Waals surface area contributed by atoms with Crippen molar-refractivity contribution in [1.29, 1.82) is 0 Å². The van der Waals surface area contributed by atoms with E-state index in [-0.39, 0.29) is 36.4 Å². The van der Waals surface area contributed by atoms with Crippen LogP contribution in [0.25, 0.3) is 0 Å².